The molecule has 0 aliphatic rings. The van der Waals surface area contributed by atoms with E-state index in [1.54, 1.807) is 121 Å². The van der Waals surface area contributed by atoms with E-state index in [4.69, 9.17) is 18.9 Å². The highest BCUT2D eigenvalue weighted by Gasteiger charge is 2.12. The molecule has 79 heavy (non-hydrogen) atoms. The van der Waals surface area contributed by atoms with Gasteiger partial charge in [0.2, 0.25) is 0 Å². The Kier molecular flexibility index (Phi) is 28.1. The van der Waals surface area contributed by atoms with Crippen LogP contribution in [0.2, 0.25) is 0 Å². The molecule has 6 aromatic rings. The van der Waals surface area contributed by atoms with Gasteiger partial charge in [0.25, 0.3) is 0 Å². The van der Waals surface area contributed by atoms with Crippen LogP contribution in [-0.2, 0) is 6.42 Å². The minimum Gasteiger partial charge on any atom is -0.494 e. The molecule has 0 aliphatic carbocycles. The highest BCUT2D eigenvalue weighted by atomic mass is 19.1. The predicted octanol–water partition coefficient (Wildman–Crippen LogP) is 19.7. The molecule has 6 rings (SSSR count). The molecule has 6 aromatic carbocycles. The van der Waals surface area contributed by atoms with Crippen LogP contribution in [0.3, 0.4) is 0 Å². The monoisotopic (exact) mass is 1070 g/mol. The van der Waals surface area contributed by atoms with E-state index < -0.39 is 23.6 Å². The Labute approximate surface area is 470 Å². The van der Waals surface area contributed by atoms with Gasteiger partial charge < -0.3 is 18.9 Å². The van der Waals surface area contributed by atoms with E-state index >= 15 is 8.78 Å². The Morgan fingerprint density at radius 3 is 1.00 bits per heavy atom. The molecule has 0 unspecified atom stereocenters. The normalized spacial score (nSPS) is 11.4. The Balaban J connectivity index is 0.849. The lowest BCUT2D eigenvalue weighted by molar-refractivity contribution is 0.0725. The van der Waals surface area contributed by atoms with E-state index in [0.717, 1.165) is 37.2 Å². The van der Waals surface area contributed by atoms with Crippen LogP contribution in [-0.4, -0.2) is 37.6 Å². The minimum absolute atomic E-state index is 0.151. The number of benzene rings is 6. The number of ether oxygens (including phenoxy) is 4. The molecule has 0 aliphatic heterocycles. The van der Waals surface area contributed by atoms with Crippen LogP contribution in [0.1, 0.15) is 211 Å². The van der Waals surface area contributed by atoms with Gasteiger partial charge in [-0.2, -0.15) is 0 Å². The fraction of sp³-hybridized carbons (Fsp3) is 0.420. The van der Waals surface area contributed by atoms with Crippen LogP contribution >= 0.6 is 0 Å². The molecule has 0 atom stereocenters. The van der Waals surface area contributed by atoms with Gasteiger partial charge in [-0.05, 0) is 163 Å². The Morgan fingerprint density at radius 1 is 0.380 bits per heavy atom. The number of rotatable bonds is 38. The zero-order valence-corrected chi connectivity index (χ0v) is 47.0. The highest BCUT2D eigenvalue weighted by Crippen LogP contribution is 2.26. The molecule has 0 heterocycles. The first-order chi connectivity index (χ1) is 38.8. The average Bonchev–Trinajstić information content (AvgIpc) is 3.46. The van der Waals surface area contributed by atoms with E-state index in [2.05, 4.69) is 23.8 Å². The van der Waals surface area contributed by atoms with E-state index in [1.165, 1.54) is 153 Å². The number of carbonyl (C=O) groups excluding carboxylic acids is 2. The number of hydrogen-bond donors (Lipinski definition) is 0. The lowest BCUT2D eigenvalue weighted by Gasteiger charge is -2.08. The van der Waals surface area contributed by atoms with Gasteiger partial charge in [0.05, 0.1) is 35.7 Å². The van der Waals surface area contributed by atoms with Crippen molar-refractivity contribution in [1.82, 2.24) is 0 Å². The van der Waals surface area contributed by atoms with Gasteiger partial charge in [-0.1, -0.05) is 167 Å². The lowest BCUT2D eigenvalue weighted by atomic mass is 10.0. The number of halogens is 2. The molecule has 0 amide bonds. The Morgan fingerprint density at radius 2 is 0.684 bits per heavy atom. The standard InChI is InChI=1S/C69H84F2N2O6/c1-3-5-7-9-11-13-15-17-19-21-23-25-47-76-60-41-33-58(34-42-60)68(74)78-62-37-27-54(28-38-62)52-72-66-45-31-56(50-64(66)70)49-57-32-46-67(65(71)51-57)73-53-55-29-39-63(40-30-55)79-69(75)59-35-43-61(44-36-59)77-48-26-24-22-20-18-16-14-12-10-8-6-4-2/h27-46,50-53H,3-26,47-49H2,1-2H3. The third-order valence-corrected chi connectivity index (χ3v) is 14.0. The van der Waals surface area contributed by atoms with Crippen LogP contribution in [0, 0.1) is 11.6 Å². The second-order valence-corrected chi connectivity index (χ2v) is 20.7. The molecule has 420 valence electrons. The SMILES string of the molecule is CCCCCCCCCCCCCCOc1ccc(C(=O)Oc2ccc(C=Nc3ccc(Cc4ccc(N=Cc5ccc(OC(=O)c6ccc(OCCCCCCCCCCCCCC)cc6)cc5)c(F)c4)cc3F)cc2)cc1. The number of nitrogens with zero attached hydrogens (tertiary/aromatic N) is 2. The molecule has 0 aromatic heterocycles. The largest absolute Gasteiger partial charge is 0.494 e. The van der Waals surface area contributed by atoms with Crippen molar-refractivity contribution < 1.29 is 37.3 Å². The Hall–Kier alpha value is -6.94. The fourth-order valence-corrected chi connectivity index (χ4v) is 9.27. The van der Waals surface area contributed by atoms with Gasteiger partial charge in [-0.15, -0.1) is 0 Å². The van der Waals surface area contributed by atoms with Gasteiger partial charge in [-0.3, -0.25) is 9.98 Å². The van der Waals surface area contributed by atoms with Crippen LogP contribution in [0.25, 0.3) is 0 Å². The smallest absolute Gasteiger partial charge is 0.343 e. The molecule has 0 radical (unpaired) electrons. The number of aliphatic imine (C=N–C) groups is 2. The summed E-state index contributed by atoms with van der Waals surface area (Å²) in [5.41, 5.74) is 3.83. The molecule has 8 nitrogen and oxygen atoms in total. The predicted molar refractivity (Wildman–Crippen MR) is 319 cm³/mol. The summed E-state index contributed by atoms with van der Waals surface area (Å²) in [6.07, 6.45) is 34.5. The van der Waals surface area contributed by atoms with Crippen molar-refractivity contribution in [3.8, 4) is 23.0 Å². The second-order valence-electron chi connectivity index (χ2n) is 20.7. The maximum absolute atomic E-state index is 15.2. The third-order valence-electron chi connectivity index (χ3n) is 14.0. The summed E-state index contributed by atoms with van der Waals surface area (Å²) >= 11 is 0. The van der Waals surface area contributed by atoms with Gasteiger partial charge in [0.1, 0.15) is 34.6 Å². The summed E-state index contributed by atoms with van der Waals surface area (Å²) in [4.78, 5) is 34.4. The summed E-state index contributed by atoms with van der Waals surface area (Å²) in [5, 5.41) is 0. The zero-order valence-electron chi connectivity index (χ0n) is 47.0. The van der Waals surface area contributed by atoms with Crippen molar-refractivity contribution in [3.63, 3.8) is 0 Å². The van der Waals surface area contributed by atoms with Gasteiger partial charge in [0.15, 0.2) is 0 Å². The van der Waals surface area contributed by atoms with E-state index in [1.807, 2.05) is 0 Å². The molecule has 0 N–H and O–H groups in total. The second kappa shape index (κ2) is 36.3. The van der Waals surface area contributed by atoms with Crippen LogP contribution < -0.4 is 18.9 Å². The van der Waals surface area contributed by atoms with E-state index in [-0.39, 0.29) is 11.4 Å². The third kappa shape index (κ3) is 23.9. The first kappa shape index (κ1) is 61.3. The van der Waals surface area contributed by atoms with Crippen LogP contribution in [0.15, 0.2) is 143 Å². The van der Waals surface area contributed by atoms with Crippen molar-refractivity contribution in [2.75, 3.05) is 13.2 Å². The van der Waals surface area contributed by atoms with Crippen molar-refractivity contribution in [1.29, 1.82) is 0 Å². The molecule has 0 saturated heterocycles. The van der Waals surface area contributed by atoms with Crippen molar-refractivity contribution >= 4 is 35.7 Å². The zero-order chi connectivity index (χ0) is 55.5. The molecule has 0 spiro atoms. The number of hydrogen-bond acceptors (Lipinski definition) is 8. The topological polar surface area (TPSA) is 95.8 Å². The first-order valence-electron chi connectivity index (χ1n) is 29.5. The van der Waals surface area contributed by atoms with Crippen LogP contribution in [0.4, 0.5) is 20.2 Å². The minimum atomic E-state index is -0.512. The lowest BCUT2D eigenvalue weighted by Crippen LogP contribution is -2.08. The molecule has 0 saturated carbocycles. The maximum atomic E-state index is 15.2. The number of unbranched alkanes of at least 4 members (excludes halogenated alkanes) is 22. The summed E-state index contributed by atoms with van der Waals surface area (Å²) in [6.45, 7) is 5.83. The Bertz CT molecular complexity index is 2550. The molecule has 0 bridgehead atoms. The summed E-state index contributed by atoms with van der Waals surface area (Å²) in [5.74, 6) is 0.214. The van der Waals surface area contributed by atoms with Crippen molar-refractivity contribution in [2.24, 2.45) is 9.98 Å². The number of carbonyl (C=O) groups is 2. The quantitative estimate of drug-likeness (QED) is 0.0166. The summed E-state index contributed by atoms with van der Waals surface area (Å²) < 4.78 is 53.4. The first-order valence-corrected chi connectivity index (χ1v) is 29.5. The molecule has 10 heteroatoms. The number of esters is 2. The molecule has 0 fully saturated rings. The highest BCUT2D eigenvalue weighted by molar-refractivity contribution is 5.92. The van der Waals surface area contributed by atoms with Crippen molar-refractivity contribution in [2.45, 2.75) is 174 Å². The summed E-state index contributed by atoms with van der Waals surface area (Å²) in [6, 6.07) is 37.0. The maximum Gasteiger partial charge on any atom is 0.343 e. The van der Waals surface area contributed by atoms with Gasteiger partial charge in [-0.25, -0.2) is 18.4 Å². The van der Waals surface area contributed by atoms with Crippen molar-refractivity contribution in [3.05, 3.63) is 178 Å². The van der Waals surface area contributed by atoms with E-state index in [0.29, 0.717) is 64.5 Å². The summed E-state index contributed by atoms with van der Waals surface area (Å²) in [7, 11) is 0. The van der Waals surface area contributed by atoms with Gasteiger partial charge in [0, 0.05) is 12.4 Å². The van der Waals surface area contributed by atoms with E-state index in [9.17, 15) is 9.59 Å². The van der Waals surface area contributed by atoms with Crippen LogP contribution in [0.5, 0.6) is 23.0 Å². The van der Waals surface area contributed by atoms with Gasteiger partial charge >= 0.3 is 11.9 Å². The average molecular weight is 1080 g/mol. The molecular formula is C69H84F2N2O6. The fourth-order valence-electron chi connectivity index (χ4n) is 9.27. The molecular weight excluding hydrogens is 991 g/mol.